The number of carbonyl (C=O) groups is 1. The van der Waals surface area contributed by atoms with Gasteiger partial charge < -0.3 is 5.32 Å². The summed E-state index contributed by atoms with van der Waals surface area (Å²) in [5, 5.41) is 9.39. The highest BCUT2D eigenvalue weighted by Crippen LogP contribution is 2.28. The average molecular weight is 281 g/mol. The normalized spacial score (nSPS) is 24.3. The van der Waals surface area contributed by atoms with E-state index in [4.69, 9.17) is 0 Å². The Morgan fingerprint density at radius 3 is 2.57 bits per heavy atom. The van der Waals surface area contributed by atoms with Crippen molar-refractivity contribution < 1.29 is 4.79 Å². The SMILES string of the molecule is O=C(Nc1cccc2ccccc12)N1CC2CCN1CC2. The van der Waals surface area contributed by atoms with Crippen LogP contribution in [0.15, 0.2) is 42.5 Å². The van der Waals surface area contributed by atoms with Gasteiger partial charge in [-0.25, -0.2) is 9.80 Å². The first-order valence-corrected chi connectivity index (χ1v) is 7.62. The molecule has 3 aliphatic heterocycles. The van der Waals surface area contributed by atoms with Crippen molar-refractivity contribution in [2.75, 3.05) is 25.0 Å². The molecule has 0 unspecified atom stereocenters. The standard InChI is InChI=1S/C17H19N3O/c21-17(20-12-13-8-10-19(20)11-9-13)18-16-7-3-5-14-4-1-2-6-15(14)16/h1-7,13H,8-12H2,(H,18,21). The van der Waals surface area contributed by atoms with E-state index in [1.54, 1.807) is 0 Å². The van der Waals surface area contributed by atoms with E-state index in [2.05, 4.69) is 22.5 Å². The van der Waals surface area contributed by atoms with E-state index >= 15 is 0 Å². The summed E-state index contributed by atoms with van der Waals surface area (Å²) in [6.45, 7) is 2.87. The van der Waals surface area contributed by atoms with Crippen LogP contribution in [0.5, 0.6) is 0 Å². The number of hydrogen-bond donors (Lipinski definition) is 1. The van der Waals surface area contributed by atoms with E-state index in [1.807, 2.05) is 35.3 Å². The minimum absolute atomic E-state index is 0.00393. The van der Waals surface area contributed by atoms with Crippen molar-refractivity contribution in [3.8, 4) is 0 Å². The van der Waals surface area contributed by atoms with Crippen molar-refractivity contribution in [3.63, 3.8) is 0 Å². The molecular weight excluding hydrogens is 262 g/mol. The highest BCUT2D eigenvalue weighted by molar-refractivity contribution is 6.01. The van der Waals surface area contributed by atoms with Gasteiger partial charge in [-0.2, -0.15) is 0 Å². The molecule has 21 heavy (non-hydrogen) atoms. The Kier molecular flexibility index (Phi) is 3.04. The van der Waals surface area contributed by atoms with Crippen molar-refractivity contribution >= 4 is 22.5 Å². The third kappa shape index (κ3) is 2.25. The summed E-state index contributed by atoms with van der Waals surface area (Å²) in [7, 11) is 0. The summed E-state index contributed by atoms with van der Waals surface area (Å²) in [6.07, 6.45) is 2.44. The number of nitrogens with one attached hydrogen (secondary N) is 1. The molecule has 3 aliphatic rings. The Morgan fingerprint density at radius 1 is 1.05 bits per heavy atom. The maximum atomic E-state index is 12.6. The summed E-state index contributed by atoms with van der Waals surface area (Å²) in [6, 6.07) is 14.2. The van der Waals surface area contributed by atoms with Crippen molar-refractivity contribution in [1.29, 1.82) is 0 Å². The first kappa shape index (κ1) is 12.7. The number of benzene rings is 2. The number of hydrazine groups is 1. The number of rotatable bonds is 1. The van der Waals surface area contributed by atoms with Gasteiger partial charge >= 0.3 is 6.03 Å². The van der Waals surface area contributed by atoms with Crippen LogP contribution in [0.1, 0.15) is 12.8 Å². The molecule has 2 amide bonds. The van der Waals surface area contributed by atoms with Crippen LogP contribution in [-0.4, -0.2) is 35.7 Å². The summed E-state index contributed by atoms with van der Waals surface area (Å²) in [5.74, 6) is 0.674. The van der Waals surface area contributed by atoms with Gasteiger partial charge in [0, 0.05) is 25.0 Å². The molecule has 2 aromatic rings. The zero-order valence-corrected chi connectivity index (χ0v) is 12.0. The lowest BCUT2D eigenvalue weighted by molar-refractivity contribution is -0.0698. The minimum atomic E-state index is -0.00393. The van der Waals surface area contributed by atoms with Crippen LogP contribution in [-0.2, 0) is 0 Å². The van der Waals surface area contributed by atoms with Crippen molar-refractivity contribution in [2.24, 2.45) is 5.92 Å². The Labute approximate surface area is 124 Å². The third-order valence-electron chi connectivity index (χ3n) is 4.63. The van der Waals surface area contributed by atoms with Crippen LogP contribution in [0.25, 0.3) is 10.8 Å². The van der Waals surface area contributed by atoms with Gasteiger partial charge in [-0.1, -0.05) is 36.4 Å². The number of nitrogens with zero attached hydrogens (tertiary/aromatic N) is 2. The lowest BCUT2D eigenvalue weighted by Gasteiger charge is -2.47. The van der Waals surface area contributed by atoms with Gasteiger partial charge in [0.05, 0.1) is 5.69 Å². The largest absolute Gasteiger partial charge is 0.336 e. The van der Waals surface area contributed by atoms with Crippen molar-refractivity contribution in [2.45, 2.75) is 12.8 Å². The van der Waals surface area contributed by atoms with Crippen molar-refractivity contribution in [3.05, 3.63) is 42.5 Å². The monoisotopic (exact) mass is 281 g/mol. The second-order valence-electron chi connectivity index (χ2n) is 5.94. The molecule has 2 aromatic carbocycles. The predicted octanol–water partition coefficient (Wildman–Crippen LogP) is 3.31. The maximum absolute atomic E-state index is 12.6. The topological polar surface area (TPSA) is 35.6 Å². The van der Waals surface area contributed by atoms with Gasteiger partial charge in [-0.3, -0.25) is 5.01 Å². The van der Waals surface area contributed by atoms with Gasteiger partial charge in [0.1, 0.15) is 0 Å². The van der Waals surface area contributed by atoms with E-state index in [0.717, 1.165) is 36.1 Å². The van der Waals surface area contributed by atoms with Crippen LogP contribution >= 0.6 is 0 Å². The number of amides is 2. The quantitative estimate of drug-likeness (QED) is 0.870. The molecule has 3 heterocycles. The molecule has 2 bridgehead atoms. The summed E-state index contributed by atoms with van der Waals surface area (Å²) in [5.41, 5.74) is 0.890. The number of urea groups is 1. The zero-order valence-electron chi connectivity index (χ0n) is 12.0. The number of piperidine rings is 1. The van der Waals surface area contributed by atoms with Gasteiger partial charge in [-0.15, -0.1) is 0 Å². The Morgan fingerprint density at radius 2 is 1.81 bits per heavy atom. The fourth-order valence-electron chi connectivity index (χ4n) is 3.43. The van der Waals surface area contributed by atoms with Crippen LogP contribution < -0.4 is 5.32 Å². The molecule has 0 saturated carbocycles. The van der Waals surface area contributed by atoms with E-state index in [-0.39, 0.29) is 6.03 Å². The van der Waals surface area contributed by atoms with Crippen LogP contribution in [0, 0.1) is 5.92 Å². The van der Waals surface area contributed by atoms with E-state index in [9.17, 15) is 4.79 Å². The lowest BCUT2D eigenvalue weighted by Crippen LogP contribution is -2.58. The highest BCUT2D eigenvalue weighted by atomic mass is 16.2. The molecule has 108 valence electrons. The summed E-state index contributed by atoms with van der Waals surface area (Å²) >= 11 is 0. The average Bonchev–Trinajstić information content (AvgIpc) is 2.56. The third-order valence-corrected chi connectivity index (χ3v) is 4.63. The first-order valence-electron chi connectivity index (χ1n) is 7.62. The zero-order chi connectivity index (χ0) is 14.2. The smallest absolute Gasteiger partial charge is 0.306 e. The molecule has 4 nitrogen and oxygen atoms in total. The molecule has 0 aromatic heterocycles. The number of fused-ring (bicyclic) bond motifs is 4. The van der Waals surface area contributed by atoms with Crippen LogP contribution in [0.4, 0.5) is 10.5 Å². The second kappa shape index (κ2) is 5.04. The molecule has 1 N–H and O–H groups in total. The molecule has 3 fully saturated rings. The second-order valence-corrected chi connectivity index (χ2v) is 5.94. The molecule has 0 radical (unpaired) electrons. The fourth-order valence-corrected chi connectivity index (χ4v) is 3.43. The summed E-state index contributed by atoms with van der Waals surface area (Å²) in [4.78, 5) is 12.6. The molecular formula is C17H19N3O. The van der Waals surface area contributed by atoms with Crippen molar-refractivity contribution in [1.82, 2.24) is 10.0 Å². The molecule has 0 spiro atoms. The van der Waals surface area contributed by atoms with E-state index in [0.29, 0.717) is 5.92 Å². The molecule has 0 aliphatic carbocycles. The highest BCUT2D eigenvalue weighted by Gasteiger charge is 2.34. The minimum Gasteiger partial charge on any atom is -0.306 e. The maximum Gasteiger partial charge on any atom is 0.336 e. The Balaban J connectivity index is 1.58. The fraction of sp³-hybridized carbons (Fsp3) is 0.353. The van der Waals surface area contributed by atoms with Gasteiger partial charge in [0.2, 0.25) is 0 Å². The Hall–Kier alpha value is -2.07. The molecule has 3 saturated heterocycles. The Bertz CT molecular complexity index is 671. The molecule has 0 atom stereocenters. The lowest BCUT2D eigenvalue weighted by atomic mass is 9.94. The van der Waals surface area contributed by atoms with Gasteiger partial charge in [0.15, 0.2) is 0 Å². The van der Waals surface area contributed by atoms with E-state index < -0.39 is 0 Å². The number of hydrogen-bond acceptors (Lipinski definition) is 2. The van der Waals surface area contributed by atoms with E-state index in [1.165, 1.54) is 12.8 Å². The van der Waals surface area contributed by atoms with Crippen LogP contribution in [0.3, 0.4) is 0 Å². The predicted molar refractivity (Wildman–Crippen MR) is 84.0 cm³/mol. The van der Waals surface area contributed by atoms with Gasteiger partial charge in [-0.05, 0) is 30.2 Å². The first-order chi connectivity index (χ1) is 10.3. The molecule has 5 rings (SSSR count). The number of carbonyl (C=O) groups excluding carboxylic acids is 1. The number of anilines is 1. The van der Waals surface area contributed by atoms with Gasteiger partial charge in [0.25, 0.3) is 0 Å². The molecule has 4 heteroatoms. The summed E-state index contributed by atoms with van der Waals surface area (Å²) < 4.78 is 0. The van der Waals surface area contributed by atoms with Crippen LogP contribution in [0.2, 0.25) is 0 Å².